The molecule has 0 saturated carbocycles. The Morgan fingerprint density at radius 1 is 0.375 bits per heavy atom. The minimum Gasteiger partial charge on any atom is -0.466 e. The van der Waals surface area contributed by atoms with Gasteiger partial charge in [-0.15, -0.1) is 0 Å². The molecule has 1 amide bonds. The van der Waals surface area contributed by atoms with Crippen LogP contribution in [-0.2, 0) is 14.3 Å². The van der Waals surface area contributed by atoms with Gasteiger partial charge in [0.15, 0.2) is 0 Å². The highest BCUT2D eigenvalue weighted by atomic mass is 16.5. The van der Waals surface area contributed by atoms with E-state index >= 15 is 0 Å². The van der Waals surface area contributed by atoms with E-state index in [1.165, 1.54) is 289 Å². The second kappa shape index (κ2) is 61.9. The quantitative estimate of drug-likeness (QED) is 0.0320. The number of hydrogen-bond donors (Lipinski definition) is 3. The highest BCUT2D eigenvalue weighted by Gasteiger charge is 2.18. The first kappa shape index (κ1) is 70.3. The summed E-state index contributed by atoms with van der Waals surface area (Å²) in [5, 5.41) is 23.2. The van der Waals surface area contributed by atoms with E-state index in [0.717, 1.165) is 44.9 Å². The van der Waals surface area contributed by atoms with Crippen molar-refractivity contribution in [2.24, 2.45) is 0 Å². The van der Waals surface area contributed by atoms with Gasteiger partial charge in [0.05, 0.1) is 25.4 Å². The summed E-state index contributed by atoms with van der Waals surface area (Å²) in [6, 6.07) is -0.633. The van der Waals surface area contributed by atoms with E-state index < -0.39 is 12.1 Å². The molecular formula is C66H127NO5. The van der Waals surface area contributed by atoms with Crippen LogP contribution in [0.5, 0.6) is 0 Å². The largest absolute Gasteiger partial charge is 0.466 e. The van der Waals surface area contributed by atoms with E-state index in [1.54, 1.807) is 6.08 Å². The molecule has 2 atom stereocenters. The number of carbonyl (C=O) groups excluding carboxylic acids is 2. The Morgan fingerprint density at radius 3 is 1.00 bits per heavy atom. The molecule has 6 nitrogen and oxygen atoms in total. The molecule has 2 unspecified atom stereocenters. The van der Waals surface area contributed by atoms with Crippen molar-refractivity contribution in [1.82, 2.24) is 5.32 Å². The van der Waals surface area contributed by atoms with Crippen LogP contribution in [0.1, 0.15) is 361 Å². The number of ether oxygens (including phenoxy) is 1. The fraction of sp³-hybridized carbons (Fsp3) is 0.909. The van der Waals surface area contributed by atoms with Gasteiger partial charge in [0, 0.05) is 12.8 Å². The van der Waals surface area contributed by atoms with Crippen LogP contribution in [0.25, 0.3) is 0 Å². The van der Waals surface area contributed by atoms with E-state index in [4.69, 9.17) is 4.74 Å². The predicted octanol–water partition coefficient (Wildman–Crippen LogP) is 20.6. The van der Waals surface area contributed by atoms with Gasteiger partial charge in [-0.1, -0.05) is 314 Å². The highest BCUT2D eigenvalue weighted by molar-refractivity contribution is 5.76. The molecule has 72 heavy (non-hydrogen) atoms. The number of unbranched alkanes of at least 4 members (excludes halogenated alkanes) is 48. The van der Waals surface area contributed by atoms with Crippen molar-refractivity contribution in [2.45, 2.75) is 373 Å². The van der Waals surface area contributed by atoms with Crippen molar-refractivity contribution < 1.29 is 24.5 Å². The summed E-state index contributed by atoms with van der Waals surface area (Å²) in [4.78, 5) is 24.6. The zero-order chi connectivity index (χ0) is 52.2. The molecule has 0 saturated heterocycles. The van der Waals surface area contributed by atoms with E-state index in [9.17, 15) is 19.8 Å². The Morgan fingerprint density at radius 2 is 0.653 bits per heavy atom. The van der Waals surface area contributed by atoms with E-state index in [2.05, 4.69) is 31.3 Å². The highest BCUT2D eigenvalue weighted by Crippen LogP contribution is 2.18. The number of esters is 1. The minimum absolute atomic E-state index is 0.00401. The first-order chi connectivity index (χ1) is 35.5. The first-order valence-electron chi connectivity index (χ1n) is 32.6. The van der Waals surface area contributed by atoms with Crippen LogP contribution in [-0.4, -0.2) is 47.4 Å². The molecule has 0 aliphatic heterocycles. The molecule has 0 heterocycles. The maximum atomic E-state index is 12.5. The van der Waals surface area contributed by atoms with Crippen molar-refractivity contribution in [3.63, 3.8) is 0 Å². The number of aliphatic hydroxyl groups excluding tert-OH is 2. The number of carbonyl (C=O) groups is 2. The van der Waals surface area contributed by atoms with Gasteiger partial charge in [0.2, 0.25) is 5.91 Å². The zero-order valence-electron chi connectivity index (χ0n) is 48.7. The molecule has 0 aromatic carbocycles. The molecule has 0 bridgehead atoms. The Kier molecular flexibility index (Phi) is 60.5. The summed E-state index contributed by atoms with van der Waals surface area (Å²) in [7, 11) is 0. The molecule has 0 aromatic rings. The third-order valence-corrected chi connectivity index (χ3v) is 15.2. The number of aliphatic hydroxyl groups is 2. The van der Waals surface area contributed by atoms with E-state index in [-0.39, 0.29) is 18.5 Å². The molecule has 3 N–H and O–H groups in total. The molecule has 0 radical (unpaired) electrons. The first-order valence-corrected chi connectivity index (χ1v) is 32.6. The number of amides is 1. The van der Waals surface area contributed by atoms with Gasteiger partial charge < -0.3 is 20.3 Å². The molecule has 0 aliphatic rings. The standard InChI is InChI=1S/C66H127NO5/c1-3-5-7-9-11-13-15-17-18-19-20-21-22-23-24-25-26-28-31-35-38-42-46-50-54-58-64(69)63(62-68)67-65(70)59-55-51-47-43-39-36-32-29-27-30-33-37-41-45-49-53-57-61-72-66(71)60-56-52-48-44-40-34-16-14-12-10-8-6-4-2/h14,16,54,58,63-64,68-69H,3-13,15,17-53,55-57,59-62H2,1-2H3,(H,67,70)/b16-14-,58-54+. The lowest BCUT2D eigenvalue weighted by Gasteiger charge is -2.20. The van der Waals surface area contributed by atoms with Crippen LogP contribution in [0.2, 0.25) is 0 Å². The lowest BCUT2D eigenvalue weighted by molar-refractivity contribution is -0.143. The summed E-state index contributed by atoms with van der Waals surface area (Å²) in [5.41, 5.74) is 0. The van der Waals surface area contributed by atoms with Crippen molar-refractivity contribution >= 4 is 11.9 Å². The van der Waals surface area contributed by atoms with Gasteiger partial charge in [-0.2, -0.15) is 0 Å². The lowest BCUT2D eigenvalue weighted by Crippen LogP contribution is -2.45. The Balaban J connectivity index is 3.45. The second-order valence-corrected chi connectivity index (χ2v) is 22.5. The predicted molar refractivity (Wildman–Crippen MR) is 315 cm³/mol. The average Bonchev–Trinajstić information content (AvgIpc) is 3.38. The number of hydrogen-bond acceptors (Lipinski definition) is 5. The summed E-state index contributed by atoms with van der Waals surface area (Å²) in [6.07, 6.45) is 76.5. The second-order valence-electron chi connectivity index (χ2n) is 22.5. The van der Waals surface area contributed by atoms with E-state index in [0.29, 0.717) is 19.4 Å². The fourth-order valence-electron chi connectivity index (χ4n) is 10.2. The number of nitrogens with one attached hydrogen (secondary N) is 1. The number of rotatable bonds is 61. The molecule has 0 aromatic heterocycles. The molecule has 0 aliphatic carbocycles. The third kappa shape index (κ3) is 57.6. The average molecular weight is 1010 g/mol. The maximum Gasteiger partial charge on any atom is 0.305 e. The van der Waals surface area contributed by atoms with Crippen molar-refractivity contribution in [2.75, 3.05) is 13.2 Å². The van der Waals surface area contributed by atoms with Crippen LogP contribution in [0.4, 0.5) is 0 Å². The van der Waals surface area contributed by atoms with E-state index in [1.807, 2.05) is 6.08 Å². The molecule has 0 fully saturated rings. The topological polar surface area (TPSA) is 95.9 Å². The lowest BCUT2D eigenvalue weighted by atomic mass is 10.0. The Hall–Kier alpha value is -1.66. The molecular weight excluding hydrogens is 887 g/mol. The van der Waals surface area contributed by atoms with Crippen LogP contribution in [0.3, 0.4) is 0 Å². The van der Waals surface area contributed by atoms with Crippen LogP contribution < -0.4 is 5.32 Å². The Bertz CT molecular complexity index is 1120. The van der Waals surface area contributed by atoms with Gasteiger partial charge in [-0.25, -0.2) is 0 Å². The van der Waals surface area contributed by atoms with Gasteiger partial charge in [-0.05, 0) is 57.8 Å². The molecule has 6 heteroatoms. The molecule has 0 rings (SSSR count). The smallest absolute Gasteiger partial charge is 0.305 e. The SMILES string of the molecule is CCCCCC/C=C\CCCCCCCC(=O)OCCCCCCCCCCCCCCCCCCCC(=O)NC(CO)C(O)/C=C/CCCCCCCCCCCCCCCCCCCCCCCCC. The van der Waals surface area contributed by atoms with Gasteiger partial charge in [0.25, 0.3) is 0 Å². The van der Waals surface area contributed by atoms with Crippen molar-refractivity contribution in [3.8, 4) is 0 Å². The normalized spacial score (nSPS) is 12.7. The van der Waals surface area contributed by atoms with Gasteiger partial charge in [-0.3, -0.25) is 9.59 Å². The Labute approximate surface area is 450 Å². The third-order valence-electron chi connectivity index (χ3n) is 15.2. The van der Waals surface area contributed by atoms with Gasteiger partial charge in [0.1, 0.15) is 0 Å². The van der Waals surface area contributed by atoms with Crippen LogP contribution in [0, 0.1) is 0 Å². The van der Waals surface area contributed by atoms with Crippen LogP contribution >= 0.6 is 0 Å². The van der Waals surface area contributed by atoms with Crippen molar-refractivity contribution in [3.05, 3.63) is 24.3 Å². The summed E-state index contributed by atoms with van der Waals surface area (Å²) < 4.78 is 5.47. The van der Waals surface area contributed by atoms with Crippen LogP contribution in [0.15, 0.2) is 24.3 Å². The summed E-state index contributed by atoms with van der Waals surface area (Å²) in [5.74, 6) is -0.0736. The molecule has 0 spiro atoms. The summed E-state index contributed by atoms with van der Waals surface area (Å²) in [6.45, 7) is 4.90. The monoisotopic (exact) mass is 1010 g/mol. The summed E-state index contributed by atoms with van der Waals surface area (Å²) >= 11 is 0. The van der Waals surface area contributed by atoms with Gasteiger partial charge >= 0.3 is 5.97 Å². The minimum atomic E-state index is -0.850. The zero-order valence-corrected chi connectivity index (χ0v) is 48.7. The molecule has 426 valence electrons. The van der Waals surface area contributed by atoms with Crippen molar-refractivity contribution in [1.29, 1.82) is 0 Å². The maximum absolute atomic E-state index is 12.5. The fourth-order valence-corrected chi connectivity index (χ4v) is 10.2. The number of allylic oxidation sites excluding steroid dienone is 3.